The fourth-order valence-electron chi connectivity index (χ4n) is 1.53. The van der Waals surface area contributed by atoms with E-state index in [1.807, 2.05) is 22.2 Å². The predicted molar refractivity (Wildman–Crippen MR) is 62.9 cm³/mol. The highest BCUT2D eigenvalue weighted by atomic mass is 32.1. The van der Waals surface area contributed by atoms with Crippen molar-refractivity contribution in [1.29, 1.82) is 0 Å². The fourth-order valence-corrected chi connectivity index (χ4v) is 2.25. The van der Waals surface area contributed by atoms with Crippen molar-refractivity contribution in [2.75, 3.05) is 0 Å². The summed E-state index contributed by atoms with van der Waals surface area (Å²) >= 11 is 1.56. The molecule has 0 unspecified atom stereocenters. The molecular formula is C11H9N3O2S. The summed E-state index contributed by atoms with van der Waals surface area (Å²) < 4.78 is 6.92. The summed E-state index contributed by atoms with van der Waals surface area (Å²) in [6.07, 6.45) is 5.31. The van der Waals surface area contributed by atoms with Gasteiger partial charge in [-0.2, -0.15) is 0 Å². The first-order chi connectivity index (χ1) is 8.33. The Balaban J connectivity index is 1.68. The van der Waals surface area contributed by atoms with Crippen molar-refractivity contribution in [3.05, 3.63) is 47.6 Å². The molecule has 17 heavy (non-hydrogen) atoms. The van der Waals surface area contributed by atoms with Crippen molar-refractivity contribution in [2.45, 2.75) is 6.54 Å². The second-order valence-corrected chi connectivity index (χ2v) is 4.36. The number of thiazole rings is 1. The number of fused-ring (bicyclic) bond motifs is 1. The smallest absolute Gasteiger partial charge is 0.287 e. The van der Waals surface area contributed by atoms with E-state index < -0.39 is 0 Å². The topological polar surface area (TPSA) is 59.5 Å². The molecule has 1 N–H and O–H groups in total. The molecule has 0 spiro atoms. The molecule has 0 saturated heterocycles. The highest BCUT2D eigenvalue weighted by Crippen LogP contribution is 2.11. The lowest BCUT2D eigenvalue weighted by Crippen LogP contribution is -2.22. The first kappa shape index (κ1) is 10.1. The highest BCUT2D eigenvalue weighted by Gasteiger charge is 2.09. The largest absolute Gasteiger partial charge is 0.459 e. The standard InChI is InChI=1S/C11H9N3O2S/c15-10(9-2-1-4-16-9)12-6-8-7-14-3-5-17-11(14)13-8/h1-5,7H,6H2,(H,12,15). The van der Waals surface area contributed by atoms with Crippen LogP contribution in [-0.4, -0.2) is 15.3 Å². The monoisotopic (exact) mass is 247 g/mol. The van der Waals surface area contributed by atoms with Gasteiger partial charge in [-0.3, -0.25) is 9.20 Å². The number of nitrogens with one attached hydrogen (secondary N) is 1. The number of carbonyl (C=O) groups is 1. The Hall–Kier alpha value is -2.08. The Morgan fingerprint density at radius 2 is 2.53 bits per heavy atom. The molecule has 3 aromatic rings. The summed E-state index contributed by atoms with van der Waals surface area (Å²) in [6.45, 7) is 0.397. The molecule has 3 rings (SSSR count). The molecule has 0 atom stereocenters. The third-order valence-corrected chi connectivity index (χ3v) is 3.09. The Morgan fingerprint density at radius 3 is 3.29 bits per heavy atom. The maximum Gasteiger partial charge on any atom is 0.287 e. The van der Waals surface area contributed by atoms with Crippen LogP contribution in [0.3, 0.4) is 0 Å². The molecule has 3 aromatic heterocycles. The first-order valence-electron chi connectivity index (χ1n) is 5.06. The molecular weight excluding hydrogens is 238 g/mol. The zero-order valence-electron chi connectivity index (χ0n) is 8.79. The average molecular weight is 247 g/mol. The minimum Gasteiger partial charge on any atom is -0.459 e. The summed E-state index contributed by atoms with van der Waals surface area (Å²) in [5.74, 6) is 0.0809. The van der Waals surface area contributed by atoms with Gasteiger partial charge < -0.3 is 9.73 Å². The molecule has 3 heterocycles. The number of furan rings is 1. The van der Waals surface area contributed by atoms with E-state index in [0.717, 1.165) is 10.7 Å². The molecule has 0 aromatic carbocycles. The van der Waals surface area contributed by atoms with Crippen LogP contribution in [0.15, 0.2) is 40.6 Å². The minimum absolute atomic E-state index is 0.230. The number of imidazole rings is 1. The third kappa shape index (κ3) is 1.94. The van der Waals surface area contributed by atoms with Gasteiger partial charge in [-0.15, -0.1) is 11.3 Å². The molecule has 0 aliphatic heterocycles. The van der Waals surface area contributed by atoms with Gasteiger partial charge in [-0.25, -0.2) is 4.98 Å². The minimum atomic E-state index is -0.230. The van der Waals surface area contributed by atoms with E-state index in [9.17, 15) is 4.79 Å². The average Bonchev–Trinajstić information content (AvgIpc) is 3.01. The van der Waals surface area contributed by atoms with E-state index in [0.29, 0.717) is 12.3 Å². The van der Waals surface area contributed by atoms with E-state index >= 15 is 0 Å². The maximum atomic E-state index is 11.6. The highest BCUT2D eigenvalue weighted by molar-refractivity contribution is 7.15. The van der Waals surface area contributed by atoms with Gasteiger partial charge in [-0.1, -0.05) is 0 Å². The van der Waals surface area contributed by atoms with Gasteiger partial charge in [0.15, 0.2) is 10.7 Å². The summed E-state index contributed by atoms with van der Waals surface area (Å²) in [7, 11) is 0. The molecule has 86 valence electrons. The van der Waals surface area contributed by atoms with E-state index in [4.69, 9.17) is 4.42 Å². The first-order valence-corrected chi connectivity index (χ1v) is 5.94. The number of hydrogen-bond acceptors (Lipinski definition) is 4. The SMILES string of the molecule is O=C(NCc1cn2ccsc2n1)c1ccco1. The predicted octanol–water partition coefficient (Wildman–Crippen LogP) is 1.92. The Bertz CT molecular complexity index is 610. The molecule has 0 aliphatic carbocycles. The second-order valence-electron chi connectivity index (χ2n) is 3.49. The van der Waals surface area contributed by atoms with Crippen LogP contribution < -0.4 is 5.32 Å². The second kappa shape index (κ2) is 4.06. The van der Waals surface area contributed by atoms with Crippen LogP contribution in [0.4, 0.5) is 0 Å². The van der Waals surface area contributed by atoms with Crippen LogP contribution in [0, 0.1) is 0 Å². The number of rotatable bonds is 3. The Kier molecular flexibility index (Phi) is 2.41. The molecule has 6 heteroatoms. The Morgan fingerprint density at radius 1 is 1.59 bits per heavy atom. The number of aromatic nitrogens is 2. The lowest BCUT2D eigenvalue weighted by molar-refractivity contribution is 0.0922. The van der Waals surface area contributed by atoms with Gasteiger partial charge in [0.25, 0.3) is 5.91 Å². The van der Waals surface area contributed by atoms with Crippen molar-refractivity contribution in [3.8, 4) is 0 Å². The van der Waals surface area contributed by atoms with Crippen LogP contribution in [0.25, 0.3) is 4.96 Å². The normalized spacial score (nSPS) is 10.8. The van der Waals surface area contributed by atoms with Gasteiger partial charge >= 0.3 is 0 Å². The van der Waals surface area contributed by atoms with Crippen LogP contribution >= 0.6 is 11.3 Å². The van der Waals surface area contributed by atoms with Gasteiger partial charge in [0.1, 0.15) is 0 Å². The lowest BCUT2D eigenvalue weighted by atomic mass is 10.4. The van der Waals surface area contributed by atoms with Crippen molar-refractivity contribution in [1.82, 2.24) is 14.7 Å². The quantitative estimate of drug-likeness (QED) is 0.769. The fraction of sp³-hybridized carbons (Fsp3) is 0.0909. The van der Waals surface area contributed by atoms with Crippen molar-refractivity contribution in [2.24, 2.45) is 0 Å². The van der Waals surface area contributed by atoms with Crippen molar-refractivity contribution in [3.63, 3.8) is 0 Å². The summed E-state index contributed by atoms with van der Waals surface area (Å²) in [4.78, 5) is 16.9. The van der Waals surface area contributed by atoms with Gasteiger partial charge in [0, 0.05) is 17.8 Å². The van der Waals surface area contributed by atoms with E-state index in [1.165, 1.54) is 6.26 Å². The van der Waals surface area contributed by atoms with Gasteiger partial charge in [0.2, 0.25) is 0 Å². The van der Waals surface area contributed by atoms with Gasteiger partial charge in [-0.05, 0) is 12.1 Å². The molecule has 0 saturated carbocycles. The Labute approximate surface area is 101 Å². The number of carbonyl (C=O) groups excluding carboxylic acids is 1. The summed E-state index contributed by atoms with van der Waals surface area (Å²) in [5, 5.41) is 4.71. The van der Waals surface area contributed by atoms with Crippen molar-refractivity contribution < 1.29 is 9.21 Å². The van der Waals surface area contributed by atoms with E-state index in [1.54, 1.807) is 23.5 Å². The molecule has 5 nitrogen and oxygen atoms in total. The van der Waals surface area contributed by atoms with Gasteiger partial charge in [0.05, 0.1) is 18.5 Å². The van der Waals surface area contributed by atoms with Crippen LogP contribution in [0.1, 0.15) is 16.2 Å². The number of nitrogens with zero attached hydrogens (tertiary/aromatic N) is 2. The summed E-state index contributed by atoms with van der Waals surface area (Å²) in [5.41, 5.74) is 0.830. The zero-order valence-corrected chi connectivity index (χ0v) is 9.61. The van der Waals surface area contributed by atoms with E-state index in [-0.39, 0.29) is 5.91 Å². The van der Waals surface area contributed by atoms with Crippen LogP contribution in [0.2, 0.25) is 0 Å². The lowest BCUT2D eigenvalue weighted by Gasteiger charge is -1.99. The maximum absolute atomic E-state index is 11.6. The molecule has 1 amide bonds. The van der Waals surface area contributed by atoms with Crippen LogP contribution in [-0.2, 0) is 6.54 Å². The zero-order chi connectivity index (χ0) is 11.7. The van der Waals surface area contributed by atoms with Crippen molar-refractivity contribution >= 4 is 22.2 Å². The molecule has 0 fully saturated rings. The van der Waals surface area contributed by atoms with Crippen LogP contribution in [0.5, 0.6) is 0 Å². The summed E-state index contributed by atoms with van der Waals surface area (Å²) in [6, 6.07) is 3.31. The molecule has 0 aliphatic rings. The van der Waals surface area contributed by atoms with E-state index in [2.05, 4.69) is 10.3 Å². The third-order valence-electron chi connectivity index (χ3n) is 2.32. The molecule has 0 radical (unpaired) electrons. The number of hydrogen-bond donors (Lipinski definition) is 1. The number of amides is 1. The molecule has 0 bridgehead atoms.